The lowest BCUT2D eigenvalue weighted by Crippen LogP contribution is -2.11. The number of halogens is 3. The van der Waals surface area contributed by atoms with E-state index in [1.807, 2.05) is 6.92 Å². The molecule has 0 heterocycles. The molecule has 6 heteroatoms. The Morgan fingerprint density at radius 1 is 1.19 bits per heavy atom. The van der Waals surface area contributed by atoms with Crippen molar-refractivity contribution in [2.24, 2.45) is 0 Å². The number of nitrogen functional groups attached to an aromatic ring is 2. The minimum Gasteiger partial charge on any atom is -0.397 e. The van der Waals surface area contributed by atoms with Gasteiger partial charge in [0.25, 0.3) is 0 Å². The molecule has 0 bridgehead atoms. The quantitative estimate of drug-likeness (QED) is 0.703. The van der Waals surface area contributed by atoms with Crippen LogP contribution in [0.3, 0.4) is 0 Å². The van der Waals surface area contributed by atoms with Gasteiger partial charge in [0.15, 0.2) is 0 Å². The molecule has 0 spiro atoms. The number of nitrogens with one attached hydrogen (secondary N) is 1. The molecule has 0 amide bonds. The fourth-order valence-corrected chi connectivity index (χ4v) is 1.31. The van der Waals surface area contributed by atoms with Gasteiger partial charge in [-0.05, 0) is 18.6 Å². The summed E-state index contributed by atoms with van der Waals surface area (Å²) in [5.41, 5.74) is 10.6. The molecule has 0 aliphatic carbocycles. The Morgan fingerprint density at radius 3 is 2.06 bits per heavy atom. The highest BCUT2D eigenvalue weighted by atomic mass is 19.4. The Kier molecular flexibility index (Phi) is 3.51. The summed E-state index contributed by atoms with van der Waals surface area (Å²) in [6.07, 6.45) is -3.59. The average molecular weight is 233 g/mol. The van der Waals surface area contributed by atoms with Gasteiger partial charge >= 0.3 is 6.18 Å². The van der Waals surface area contributed by atoms with Crippen molar-refractivity contribution in [3.8, 4) is 0 Å². The standard InChI is InChI=1S/C10H14F3N3/c1-2-3-16-9-7(14)4-6(5-8(9)15)10(11,12)13/h4-5,16H,2-3,14-15H2,1H3. The van der Waals surface area contributed by atoms with E-state index >= 15 is 0 Å². The second-order valence-electron chi connectivity index (χ2n) is 3.45. The molecule has 16 heavy (non-hydrogen) atoms. The number of hydrogen-bond donors (Lipinski definition) is 3. The number of anilines is 3. The third-order valence-electron chi connectivity index (χ3n) is 2.08. The highest BCUT2D eigenvalue weighted by Gasteiger charge is 2.31. The van der Waals surface area contributed by atoms with Gasteiger partial charge < -0.3 is 16.8 Å². The molecule has 0 fully saturated rings. The second-order valence-corrected chi connectivity index (χ2v) is 3.45. The van der Waals surface area contributed by atoms with Crippen LogP contribution in [0, 0.1) is 0 Å². The molecule has 0 atom stereocenters. The summed E-state index contributed by atoms with van der Waals surface area (Å²) in [5.74, 6) is 0. The van der Waals surface area contributed by atoms with Gasteiger partial charge in [0.1, 0.15) is 0 Å². The summed E-state index contributed by atoms with van der Waals surface area (Å²) in [4.78, 5) is 0. The lowest BCUT2D eigenvalue weighted by atomic mass is 10.1. The van der Waals surface area contributed by atoms with Crippen LogP contribution in [0.5, 0.6) is 0 Å². The maximum Gasteiger partial charge on any atom is 0.416 e. The molecule has 1 aromatic carbocycles. The molecule has 5 N–H and O–H groups in total. The molecular weight excluding hydrogens is 219 g/mol. The summed E-state index contributed by atoms with van der Waals surface area (Å²) < 4.78 is 37.2. The minimum atomic E-state index is -4.43. The number of rotatable bonds is 3. The fraction of sp³-hybridized carbons (Fsp3) is 0.400. The summed E-state index contributed by atoms with van der Waals surface area (Å²) >= 11 is 0. The van der Waals surface area contributed by atoms with Gasteiger partial charge in [-0.15, -0.1) is 0 Å². The largest absolute Gasteiger partial charge is 0.416 e. The first-order valence-corrected chi connectivity index (χ1v) is 4.86. The van der Waals surface area contributed by atoms with Gasteiger partial charge in [-0.25, -0.2) is 0 Å². The van der Waals surface area contributed by atoms with Crippen molar-refractivity contribution in [3.05, 3.63) is 17.7 Å². The SMILES string of the molecule is CCCNc1c(N)cc(C(F)(F)F)cc1N. The van der Waals surface area contributed by atoms with Crippen LogP contribution in [0.25, 0.3) is 0 Å². The topological polar surface area (TPSA) is 64.1 Å². The molecule has 1 rings (SSSR count). The predicted octanol–water partition coefficient (Wildman–Crippen LogP) is 2.69. The van der Waals surface area contributed by atoms with Crippen LogP contribution in [0.15, 0.2) is 12.1 Å². The molecule has 0 unspecified atom stereocenters. The van der Waals surface area contributed by atoms with Crippen LogP contribution >= 0.6 is 0 Å². The Hall–Kier alpha value is -1.59. The fourth-order valence-electron chi connectivity index (χ4n) is 1.31. The number of nitrogens with two attached hydrogens (primary N) is 2. The number of alkyl halides is 3. The van der Waals surface area contributed by atoms with E-state index in [-0.39, 0.29) is 11.4 Å². The highest BCUT2D eigenvalue weighted by Crippen LogP contribution is 2.36. The molecule has 90 valence electrons. The van der Waals surface area contributed by atoms with Gasteiger partial charge in [-0.1, -0.05) is 6.92 Å². The van der Waals surface area contributed by atoms with Crippen LogP contribution in [-0.2, 0) is 6.18 Å². The van der Waals surface area contributed by atoms with E-state index in [4.69, 9.17) is 11.5 Å². The molecule has 0 aliphatic rings. The van der Waals surface area contributed by atoms with Crippen molar-refractivity contribution < 1.29 is 13.2 Å². The zero-order valence-electron chi connectivity index (χ0n) is 8.86. The summed E-state index contributed by atoms with van der Waals surface area (Å²) in [7, 11) is 0. The van der Waals surface area contributed by atoms with Crippen LogP contribution < -0.4 is 16.8 Å². The predicted molar refractivity (Wildman–Crippen MR) is 59.0 cm³/mol. The Balaban J connectivity index is 3.08. The van der Waals surface area contributed by atoms with E-state index in [9.17, 15) is 13.2 Å². The third-order valence-corrected chi connectivity index (χ3v) is 2.08. The van der Waals surface area contributed by atoms with Gasteiger partial charge in [-0.2, -0.15) is 13.2 Å². The lowest BCUT2D eigenvalue weighted by molar-refractivity contribution is -0.137. The monoisotopic (exact) mass is 233 g/mol. The molecule has 0 aliphatic heterocycles. The first-order valence-electron chi connectivity index (χ1n) is 4.86. The Bertz CT molecular complexity index is 351. The lowest BCUT2D eigenvalue weighted by Gasteiger charge is -2.14. The zero-order valence-corrected chi connectivity index (χ0v) is 8.86. The van der Waals surface area contributed by atoms with E-state index < -0.39 is 11.7 Å². The van der Waals surface area contributed by atoms with Crippen molar-refractivity contribution in [2.75, 3.05) is 23.3 Å². The first kappa shape index (κ1) is 12.5. The first-order chi connectivity index (χ1) is 7.36. The second kappa shape index (κ2) is 4.51. The van der Waals surface area contributed by atoms with Crippen molar-refractivity contribution in [2.45, 2.75) is 19.5 Å². The number of hydrogen-bond acceptors (Lipinski definition) is 3. The third kappa shape index (κ3) is 2.71. The van der Waals surface area contributed by atoms with Crippen molar-refractivity contribution >= 4 is 17.1 Å². The maximum atomic E-state index is 12.4. The molecule has 0 saturated carbocycles. The molecule has 0 saturated heterocycles. The zero-order chi connectivity index (χ0) is 12.3. The number of benzene rings is 1. The van der Waals surface area contributed by atoms with Gasteiger partial charge in [0, 0.05) is 6.54 Å². The van der Waals surface area contributed by atoms with Gasteiger partial charge in [0.2, 0.25) is 0 Å². The van der Waals surface area contributed by atoms with E-state index in [2.05, 4.69) is 5.32 Å². The van der Waals surface area contributed by atoms with Gasteiger partial charge in [0.05, 0.1) is 22.6 Å². The van der Waals surface area contributed by atoms with E-state index in [0.29, 0.717) is 12.2 Å². The molecule has 1 aromatic rings. The van der Waals surface area contributed by atoms with E-state index in [1.54, 1.807) is 0 Å². The summed E-state index contributed by atoms with van der Waals surface area (Å²) in [6.45, 7) is 2.54. The normalized spacial score (nSPS) is 11.5. The summed E-state index contributed by atoms with van der Waals surface area (Å²) in [6, 6.07) is 1.77. The van der Waals surface area contributed by atoms with Crippen LogP contribution in [-0.4, -0.2) is 6.54 Å². The average Bonchev–Trinajstić information content (AvgIpc) is 2.15. The molecule has 0 aromatic heterocycles. The summed E-state index contributed by atoms with van der Waals surface area (Å²) in [5, 5.41) is 2.89. The highest BCUT2D eigenvalue weighted by molar-refractivity contribution is 5.80. The maximum absolute atomic E-state index is 12.4. The van der Waals surface area contributed by atoms with Crippen LogP contribution in [0.2, 0.25) is 0 Å². The minimum absolute atomic E-state index is 0.0146. The van der Waals surface area contributed by atoms with Crippen molar-refractivity contribution in [1.29, 1.82) is 0 Å². The molecule has 3 nitrogen and oxygen atoms in total. The Morgan fingerprint density at radius 2 is 1.69 bits per heavy atom. The molecule has 0 radical (unpaired) electrons. The smallest absolute Gasteiger partial charge is 0.397 e. The van der Waals surface area contributed by atoms with Crippen molar-refractivity contribution in [1.82, 2.24) is 0 Å². The van der Waals surface area contributed by atoms with Crippen LogP contribution in [0.1, 0.15) is 18.9 Å². The van der Waals surface area contributed by atoms with Crippen LogP contribution in [0.4, 0.5) is 30.2 Å². The molecular formula is C10H14F3N3. The van der Waals surface area contributed by atoms with Crippen molar-refractivity contribution in [3.63, 3.8) is 0 Å². The Labute approximate surface area is 91.6 Å². The van der Waals surface area contributed by atoms with E-state index in [1.165, 1.54) is 0 Å². The van der Waals surface area contributed by atoms with E-state index in [0.717, 1.165) is 18.6 Å². The van der Waals surface area contributed by atoms with Gasteiger partial charge in [-0.3, -0.25) is 0 Å².